The van der Waals surface area contributed by atoms with Crippen molar-refractivity contribution >= 4 is 47.3 Å². The number of nitrogens with one attached hydrogen (secondary N) is 4. The zero-order valence-corrected chi connectivity index (χ0v) is 37.6. The molecule has 356 valence electrons. The normalized spacial score (nSPS) is 26.1. The molecule has 0 spiro atoms. The van der Waals surface area contributed by atoms with E-state index in [4.69, 9.17) is 10.5 Å². The molecule has 2 saturated heterocycles. The first-order valence-corrected chi connectivity index (χ1v) is 21.8. The highest BCUT2D eigenvalue weighted by molar-refractivity contribution is 5.98. The summed E-state index contributed by atoms with van der Waals surface area (Å²) in [5, 5.41) is 52.1. The second kappa shape index (κ2) is 23.1. The van der Waals surface area contributed by atoms with Crippen LogP contribution in [-0.4, -0.2) is 139 Å². The first-order valence-electron chi connectivity index (χ1n) is 21.8. The molecule has 0 saturated carbocycles. The average molecular weight is 910 g/mol. The zero-order chi connectivity index (χ0) is 48.3. The summed E-state index contributed by atoms with van der Waals surface area (Å²) >= 11 is 0. The lowest BCUT2D eigenvalue weighted by Crippen LogP contribution is -2.65. The summed E-state index contributed by atoms with van der Waals surface area (Å²) in [6.45, 7) is 8.26. The summed E-state index contributed by atoms with van der Waals surface area (Å²) in [7, 11) is 1.35. The molecule has 2 aliphatic rings. The molecule has 2 aliphatic heterocycles. The summed E-state index contributed by atoms with van der Waals surface area (Å²) in [6.07, 6.45) is -5.86. The number of phenolic OH excluding ortho intramolecular Hbond substituents is 2. The number of primary amides is 1. The van der Waals surface area contributed by atoms with Crippen LogP contribution in [0, 0.1) is 11.8 Å². The number of amides is 7. The van der Waals surface area contributed by atoms with E-state index in [1.807, 2.05) is 0 Å². The van der Waals surface area contributed by atoms with Crippen molar-refractivity contribution in [2.45, 2.75) is 141 Å². The molecule has 4 rings (SSSR count). The van der Waals surface area contributed by atoms with E-state index in [1.54, 1.807) is 39.8 Å². The van der Waals surface area contributed by atoms with Crippen molar-refractivity contribution in [2.24, 2.45) is 17.6 Å². The van der Waals surface area contributed by atoms with Gasteiger partial charge in [-0.25, -0.2) is 4.79 Å². The smallest absolute Gasteiger partial charge is 0.329 e. The predicted octanol–water partition coefficient (Wildman–Crippen LogP) is -0.377. The molecule has 20 heteroatoms. The van der Waals surface area contributed by atoms with Crippen LogP contribution in [0.15, 0.2) is 48.5 Å². The van der Waals surface area contributed by atoms with E-state index in [-0.39, 0.29) is 55.9 Å². The van der Waals surface area contributed by atoms with E-state index >= 15 is 0 Å². The number of nitrogens with two attached hydrogens (primary N) is 1. The van der Waals surface area contributed by atoms with Gasteiger partial charge in [0, 0.05) is 26.3 Å². The van der Waals surface area contributed by atoms with Crippen molar-refractivity contribution in [1.29, 1.82) is 0 Å². The van der Waals surface area contributed by atoms with Gasteiger partial charge in [-0.05, 0) is 79.8 Å². The lowest BCUT2D eigenvalue weighted by molar-refractivity contribution is -0.166. The maximum Gasteiger partial charge on any atom is 0.329 e. The molecular formula is C45H63N7O13. The Bertz CT molecular complexity index is 2030. The summed E-state index contributed by atoms with van der Waals surface area (Å²) in [4.78, 5) is 114. The van der Waals surface area contributed by atoms with Crippen molar-refractivity contribution in [1.82, 2.24) is 31.1 Å². The number of rotatable bonds is 13. The first kappa shape index (κ1) is 51.4. The number of piperidine rings is 1. The number of carbonyl (C=O) groups is 8. The number of esters is 1. The maximum atomic E-state index is 14.7. The largest absolute Gasteiger partial charge is 0.508 e. The standard InChI is InChI=1S/C45H63N7O13/c1-7-24(4)37-45(64)65-25(5)38(50-41(60)34(55)22-27-10-14-29(54)15-11-27)42(61)47-30(16-18-35(46)56)39(58)48-31-17-19-36(57)52(43(31)62)33(20-23(2)3)44(63)51(6)32(40(59)49-37)21-26-8-12-28(53)13-9-26/h8-15,23-25,30-34,36-38,53-55,57H,7,16-22H2,1-6H3,(H2,46,56)(H,47,61)(H,48,58)(H,49,59)(H,50,60)/t24?,25-,30+,31+,32+,33+,34+,36-,37+,38+/m1/s1. The van der Waals surface area contributed by atoms with Crippen LogP contribution < -0.4 is 27.0 Å². The molecule has 2 fully saturated rings. The first-order chi connectivity index (χ1) is 30.6. The highest BCUT2D eigenvalue weighted by Crippen LogP contribution is 2.27. The molecule has 10 atom stereocenters. The van der Waals surface area contributed by atoms with Crippen LogP contribution in [0.5, 0.6) is 11.5 Å². The van der Waals surface area contributed by atoms with E-state index in [0.717, 1.165) is 9.80 Å². The quantitative estimate of drug-likeness (QED) is 0.116. The summed E-state index contributed by atoms with van der Waals surface area (Å²) in [5.41, 5.74) is 6.37. The molecule has 10 N–H and O–H groups in total. The number of fused-ring (bicyclic) bond motifs is 2. The van der Waals surface area contributed by atoms with Gasteiger partial charge in [-0.1, -0.05) is 58.4 Å². The Morgan fingerprint density at radius 1 is 0.846 bits per heavy atom. The van der Waals surface area contributed by atoms with Gasteiger partial charge in [-0.2, -0.15) is 0 Å². The maximum absolute atomic E-state index is 14.7. The van der Waals surface area contributed by atoms with Crippen molar-refractivity contribution in [3.8, 4) is 11.5 Å². The molecule has 0 aromatic heterocycles. The Balaban J connectivity index is 1.84. The molecular weight excluding hydrogens is 847 g/mol. The van der Waals surface area contributed by atoms with Gasteiger partial charge < -0.3 is 62.0 Å². The van der Waals surface area contributed by atoms with Crippen LogP contribution in [0.2, 0.25) is 0 Å². The summed E-state index contributed by atoms with van der Waals surface area (Å²) in [6, 6.07) is 2.67. The molecule has 0 radical (unpaired) electrons. The minimum Gasteiger partial charge on any atom is -0.508 e. The highest BCUT2D eigenvalue weighted by Gasteiger charge is 2.46. The van der Waals surface area contributed by atoms with Crippen molar-refractivity contribution in [3.63, 3.8) is 0 Å². The minimum absolute atomic E-state index is 0.0218. The number of nitrogens with zero attached hydrogens (tertiary/aromatic N) is 2. The number of ether oxygens (including phenoxy) is 1. The number of aliphatic hydroxyl groups is 2. The highest BCUT2D eigenvalue weighted by atomic mass is 16.5. The second-order valence-electron chi connectivity index (χ2n) is 17.3. The van der Waals surface area contributed by atoms with Crippen LogP contribution in [0.4, 0.5) is 0 Å². The molecule has 2 aromatic rings. The van der Waals surface area contributed by atoms with E-state index in [2.05, 4.69) is 21.3 Å². The van der Waals surface area contributed by atoms with Gasteiger partial charge in [0.25, 0.3) is 0 Å². The van der Waals surface area contributed by atoms with Crippen LogP contribution in [0.1, 0.15) is 84.3 Å². The van der Waals surface area contributed by atoms with E-state index in [9.17, 15) is 58.8 Å². The number of carbonyl (C=O) groups excluding carboxylic acids is 8. The molecule has 20 nitrogen and oxygen atoms in total. The second-order valence-corrected chi connectivity index (χ2v) is 17.3. The van der Waals surface area contributed by atoms with Crippen LogP contribution in [0.25, 0.3) is 0 Å². The fraction of sp³-hybridized carbons (Fsp3) is 0.556. The summed E-state index contributed by atoms with van der Waals surface area (Å²) in [5.74, 6) is -8.36. The lowest BCUT2D eigenvalue weighted by atomic mass is 9.94. The number of aliphatic hydroxyl groups excluding tert-OH is 2. The Morgan fingerprint density at radius 2 is 1.45 bits per heavy atom. The number of cyclic esters (lactones) is 1. The van der Waals surface area contributed by atoms with Gasteiger partial charge in [-0.3, -0.25) is 33.6 Å². The Labute approximate surface area is 377 Å². The van der Waals surface area contributed by atoms with Gasteiger partial charge in [0.1, 0.15) is 66.2 Å². The van der Waals surface area contributed by atoms with Gasteiger partial charge >= 0.3 is 5.97 Å². The van der Waals surface area contributed by atoms with E-state index < -0.39 is 114 Å². The topological polar surface area (TPSA) is 307 Å². The van der Waals surface area contributed by atoms with Gasteiger partial charge in [0.2, 0.25) is 41.4 Å². The molecule has 1 unspecified atom stereocenters. The molecule has 2 heterocycles. The zero-order valence-electron chi connectivity index (χ0n) is 37.6. The molecule has 7 amide bonds. The van der Waals surface area contributed by atoms with Crippen molar-refractivity contribution < 1.29 is 63.5 Å². The molecule has 2 bridgehead atoms. The molecule has 0 aliphatic carbocycles. The average Bonchev–Trinajstić information content (AvgIpc) is 3.25. The third-order valence-corrected chi connectivity index (χ3v) is 11.8. The van der Waals surface area contributed by atoms with Crippen LogP contribution >= 0.6 is 0 Å². The van der Waals surface area contributed by atoms with Crippen molar-refractivity contribution in [3.05, 3.63) is 59.7 Å². The van der Waals surface area contributed by atoms with Gasteiger partial charge in [-0.15, -0.1) is 0 Å². The Morgan fingerprint density at radius 3 is 2.02 bits per heavy atom. The number of likely N-dealkylation sites (N-methyl/N-ethyl adjacent to an activating group) is 1. The third-order valence-electron chi connectivity index (χ3n) is 11.8. The number of hydrogen-bond donors (Lipinski definition) is 9. The fourth-order valence-electron chi connectivity index (χ4n) is 7.76. The Kier molecular flexibility index (Phi) is 18.2. The number of phenols is 2. The fourth-order valence-corrected chi connectivity index (χ4v) is 7.76. The molecule has 65 heavy (non-hydrogen) atoms. The van der Waals surface area contributed by atoms with E-state index in [1.165, 1.54) is 50.4 Å². The predicted molar refractivity (Wildman–Crippen MR) is 233 cm³/mol. The lowest BCUT2D eigenvalue weighted by Gasteiger charge is -2.43. The molecule has 2 aromatic carbocycles. The number of aromatic hydroxyl groups is 2. The minimum atomic E-state index is -1.81. The number of benzene rings is 2. The van der Waals surface area contributed by atoms with Gasteiger partial charge in [0.15, 0.2) is 0 Å². The van der Waals surface area contributed by atoms with Crippen molar-refractivity contribution in [2.75, 3.05) is 7.05 Å². The monoisotopic (exact) mass is 909 g/mol. The van der Waals surface area contributed by atoms with Crippen LogP contribution in [0.3, 0.4) is 0 Å². The SMILES string of the molecule is CCC(C)[C@@H]1NC(=O)[C@H](Cc2ccc(O)cc2)N(C)C(=O)[C@H](CC(C)C)N2C(=O)[C@H](CC[C@H]2O)NC(=O)[C@H](CCC(N)=O)NC(=O)[C@@H](NC(=O)[C@@H](O)Cc2ccc(O)cc2)[C@@H](C)OC1=O. The van der Waals surface area contributed by atoms with Gasteiger partial charge in [0.05, 0.1) is 0 Å². The summed E-state index contributed by atoms with van der Waals surface area (Å²) < 4.78 is 5.81. The van der Waals surface area contributed by atoms with E-state index in [0.29, 0.717) is 17.5 Å². The Hall–Kier alpha value is -6.28. The van der Waals surface area contributed by atoms with Crippen LogP contribution in [-0.2, 0) is 55.9 Å². The third kappa shape index (κ3) is 13.9. The number of hydrogen-bond acceptors (Lipinski definition) is 13.